The Morgan fingerprint density at radius 1 is 1.00 bits per heavy atom. The Labute approximate surface area is 123 Å². The van der Waals surface area contributed by atoms with Crippen molar-refractivity contribution in [2.75, 3.05) is 39.3 Å². The second-order valence-electron chi connectivity index (χ2n) is 6.37. The molecule has 1 N–H and O–H groups in total. The van der Waals surface area contributed by atoms with E-state index in [1.165, 1.54) is 12.1 Å². The minimum absolute atomic E-state index is 0.368. The molecule has 0 spiro atoms. The minimum Gasteiger partial charge on any atom is -0.387 e. The molecule has 1 aromatic rings. The van der Waals surface area contributed by atoms with Gasteiger partial charge in [0.2, 0.25) is 0 Å². The molecule has 1 atom stereocenters. The van der Waals surface area contributed by atoms with Crippen molar-refractivity contribution in [3.05, 3.63) is 35.4 Å². The molecule has 0 bridgehead atoms. The van der Waals surface area contributed by atoms with Crippen LogP contribution in [0.4, 0.5) is 0 Å². The van der Waals surface area contributed by atoms with E-state index in [2.05, 4.69) is 36.6 Å². The zero-order valence-electron chi connectivity index (χ0n) is 13.0. The molecule has 1 heterocycles. The number of hydrogen-bond acceptors (Lipinski definition) is 3. The Morgan fingerprint density at radius 3 is 2.10 bits per heavy atom. The third-order valence-electron chi connectivity index (χ3n) is 4.07. The average Bonchev–Trinajstić information content (AvgIpc) is 2.41. The van der Waals surface area contributed by atoms with Crippen LogP contribution in [-0.2, 0) is 0 Å². The van der Waals surface area contributed by atoms with Gasteiger partial charge in [-0.05, 0) is 24.0 Å². The number of aliphatic hydroxyl groups is 1. The normalized spacial score (nSPS) is 19.4. The molecule has 3 nitrogen and oxygen atoms in total. The highest BCUT2D eigenvalue weighted by atomic mass is 16.3. The Hall–Kier alpha value is -0.900. The third kappa shape index (κ3) is 4.30. The number of aliphatic hydroxyl groups excluding tert-OH is 1. The quantitative estimate of drug-likeness (QED) is 0.894. The molecule has 1 aliphatic heterocycles. The average molecular weight is 276 g/mol. The van der Waals surface area contributed by atoms with Gasteiger partial charge >= 0.3 is 0 Å². The first-order chi connectivity index (χ1) is 9.56. The van der Waals surface area contributed by atoms with E-state index in [-0.39, 0.29) is 6.10 Å². The SMILES string of the molecule is Cc1ccccc1C(O)CN1CCN(CC(C)C)CC1. The minimum atomic E-state index is -0.368. The summed E-state index contributed by atoms with van der Waals surface area (Å²) in [7, 11) is 0. The molecule has 0 amide bonds. The van der Waals surface area contributed by atoms with Crippen LogP contribution >= 0.6 is 0 Å². The van der Waals surface area contributed by atoms with Crippen molar-refractivity contribution in [1.82, 2.24) is 9.80 Å². The lowest BCUT2D eigenvalue weighted by molar-refractivity contribution is 0.0685. The van der Waals surface area contributed by atoms with E-state index in [1.807, 2.05) is 18.2 Å². The molecule has 1 aliphatic rings. The lowest BCUT2D eigenvalue weighted by Gasteiger charge is -2.36. The molecular formula is C17H28N2O. The van der Waals surface area contributed by atoms with Crippen LogP contribution in [-0.4, -0.2) is 54.2 Å². The zero-order valence-corrected chi connectivity index (χ0v) is 13.0. The zero-order chi connectivity index (χ0) is 14.5. The van der Waals surface area contributed by atoms with Gasteiger partial charge in [0.15, 0.2) is 0 Å². The Kier molecular flexibility index (Phi) is 5.58. The summed E-state index contributed by atoms with van der Waals surface area (Å²) in [6.07, 6.45) is -0.368. The summed E-state index contributed by atoms with van der Waals surface area (Å²) in [6, 6.07) is 8.14. The predicted octanol–water partition coefficient (Wildman–Crippen LogP) is 2.30. The van der Waals surface area contributed by atoms with E-state index in [0.717, 1.165) is 44.2 Å². The van der Waals surface area contributed by atoms with Crippen molar-refractivity contribution in [2.45, 2.75) is 26.9 Å². The molecular weight excluding hydrogens is 248 g/mol. The molecule has 1 fully saturated rings. The van der Waals surface area contributed by atoms with Gasteiger partial charge in [-0.2, -0.15) is 0 Å². The van der Waals surface area contributed by atoms with E-state index >= 15 is 0 Å². The molecule has 0 aromatic heterocycles. The largest absolute Gasteiger partial charge is 0.387 e. The van der Waals surface area contributed by atoms with Crippen molar-refractivity contribution in [2.24, 2.45) is 5.92 Å². The maximum Gasteiger partial charge on any atom is 0.0919 e. The van der Waals surface area contributed by atoms with Crippen LogP contribution in [0.15, 0.2) is 24.3 Å². The number of rotatable bonds is 5. The van der Waals surface area contributed by atoms with Crippen LogP contribution < -0.4 is 0 Å². The highest BCUT2D eigenvalue weighted by molar-refractivity contribution is 5.27. The molecule has 112 valence electrons. The second-order valence-corrected chi connectivity index (χ2v) is 6.37. The van der Waals surface area contributed by atoms with Gasteiger partial charge in [0.1, 0.15) is 0 Å². The third-order valence-corrected chi connectivity index (χ3v) is 4.07. The first-order valence-electron chi connectivity index (χ1n) is 7.74. The number of nitrogens with zero attached hydrogens (tertiary/aromatic N) is 2. The lowest BCUT2D eigenvalue weighted by atomic mass is 10.0. The van der Waals surface area contributed by atoms with Crippen LogP contribution in [0.25, 0.3) is 0 Å². The summed E-state index contributed by atoms with van der Waals surface area (Å²) in [4.78, 5) is 4.91. The van der Waals surface area contributed by atoms with Gasteiger partial charge in [0.25, 0.3) is 0 Å². The van der Waals surface area contributed by atoms with Crippen molar-refractivity contribution in [3.63, 3.8) is 0 Å². The van der Waals surface area contributed by atoms with Gasteiger partial charge in [0.05, 0.1) is 6.10 Å². The maximum atomic E-state index is 10.4. The van der Waals surface area contributed by atoms with E-state index < -0.39 is 0 Å². The first-order valence-corrected chi connectivity index (χ1v) is 7.74. The first kappa shape index (κ1) is 15.5. The topological polar surface area (TPSA) is 26.7 Å². The molecule has 20 heavy (non-hydrogen) atoms. The molecule has 0 aliphatic carbocycles. The Morgan fingerprint density at radius 2 is 1.55 bits per heavy atom. The molecule has 1 saturated heterocycles. The molecule has 0 saturated carbocycles. The van der Waals surface area contributed by atoms with E-state index in [4.69, 9.17) is 0 Å². The van der Waals surface area contributed by atoms with Crippen LogP contribution in [0.5, 0.6) is 0 Å². The molecule has 0 radical (unpaired) electrons. The molecule has 3 heteroatoms. The smallest absolute Gasteiger partial charge is 0.0919 e. The van der Waals surface area contributed by atoms with Crippen molar-refractivity contribution in [1.29, 1.82) is 0 Å². The summed E-state index contributed by atoms with van der Waals surface area (Å²) < 4.78 is 0. The van der Waals surface area contributed by atoms with E-state index in [9.17, 15) is 5.11 Å². The van der Waals surface area contributed by atoms with Gasteiger partial charge in [0, 0.05) is 39.3 Å². The summed E-state index contributed by atoms with van der Waals surface area (Å²) in [6.45, 7) is 12.9. The van der Waals surface area contributed by atoms with E-state index in [1.54, 1.807) is 0 Å². The number of hydrogen-bond donors (Lipinski definition) is 1. The van der Waals surface area contributed by atoms with Crippen molar-refractivity contribution < 1.29 is 5.11 Å². The van der Waals surface area contributed by atoms with Crippen LogP contribution in [0.3, 0.4) is 0 Å². The fourth-order valence-corrected chi connectivity index (χ4v) is 2.97. The summed E-state index contributed by atoms with van der Waals surface area (Å²) >= 11 is 0. The number of aryl methyl sites for hydroxylation is 1. The Balaban J connectivity index is 1.82. The van der Waals surface area contributed by atoms with Crippen molar-refractivity contribution in [3.8, 4) is 0 Å². The van der Waals surface area contributed by atoms with Crippen LogP contribution in [0.1, 0.15) is 31.1 Å². The molecule has 2 rings (SSSR count). The summed E-state index contributed by atoms with van der Waals surface area (Å²) in [5, 5.41) is 10.4. The second kappa shape index (κ2) is 7.21. The van der Waals surface area contributed by atoms with E-state index in [0.29, 0.717) is 0 Å². The molecule has 1 unspecified atom stereocenters. The van der Waals surface area contributed by atoms with Gasteiger partial charge < -0.3 is 10.0 Å². The number of β-amino-alcohol motifs (C(OH)–C–C–N with tert-alkyl or cyclic N) is 1. The summed E-state index contributed by atoms with van der Waals surface area (Å²) in [5.74, 6) is 0.735. The van der Waals surface area contributed by atoms with Crippen LogP contribution in [0, 0.1) is 12.8 Å². The van der Waals surface area contributed by atoms with Gasteiger partial charge in [-0.3, -0.25) is 4.90 Å². The predicted molar refractivity (Wildman–Crippen MR) is 83.9 cm³/mol. The van der Waals surface area contributed by atoms with Crippen molar-refractivity contribution >= 4 is 0 Å². The standard InChI is InChI=1S/C17H28N2O/c1-14(2)12-18-8-10-19(11-9-18)13-17(20)16-7-5-4-6-15(16)3/h4-7,14,17,20H,8-13H2,1-3H3. The number of piperazine rings is 1. The lowest BCUT2D eigenvalue weighted by Crippen LogP contribution is -2.48. The van der Waals surface area contributed by atoms with Gasteiger partial charge in [-0.15, -0.1) is 0 Å². The fraction of sp³-hybridized carbons (Fsp3) is 0.647. The monoisotopic (exact) mass is 276 g/mol. The highest BCUT2D eigenvalue weighted by Crippen LogP contribution is 2.19. The number of benzene rings is 1. The van der Waals surface area contributed by atoms with Crippen LogP contribution in [0.2, 0.25) is 0 Å². The maximum absolute atomic E-state index is 10.4. The summed E-state index contributed by atoms with van der Waals surface area (Å²) in [5.41, 5.74) is 2.25. The Bertz CT molecular complexity index is 411. The highest BCUT2D eigenvalue weighted by Gasteiger charge is 2.20. The fourth-order valence-electron chi connectivity index (χ4n) is 2.97. The van der Waals surface area contributed by atoms with Gasteiger partial charge in [-0.1, -0.05) is 38.1 Å². The molecule has 1 aromatic carbocycles. The van der Waals surface area contributed by atoms with Gasteiger partial charge in [-0.25, -0.2) is 0 Å².